The fourth-order valence-electron chi connectivity index (χ4n) is 4.36. The highest BCUT2D eigenvalue weighted by atomic mass is 16.5. The molecule has 2 saturated heterocycles. The van der Waals surface area contributed by atoms with Crippen molar-refractivity contribution in [3.8, 4) is 0 Å². The first-order valence-electron chi connectivity index (χ1n) is 8.99. The molecule has 124 valence electrons. The lowest BCUT2D eigenvalue weighted by Crippen LogP contribution is -3.13. The van der Waals surface area contributed by atoms with Gasteiger partial charge < -0.3 is 19.9 Å². The van der Waals surface area contributed by atoms with Crippen LogP contribution in [0.2, 0.25) is 0 Å². The summed E-state index contributed by atoms with van der Waals surface area (Å²) in [6.07, 6.45) is 5.35. The van der Waals surface area contributed by atoms with Crippen LogP contribution in [0.15, 0.2) is 0 Å². The number of rotatable bonds is 7. The summed E-state index contributed by atoms with van der Waals surface area (Å²) in [5.74, 6) is 0. The van der Waals surface area contributed by atoms with Gasteiger partial charge in [-0.05, 0) is 26.7 Å². The van der Waals surface area contributed by atoms with Gasteiger partial charge in [0.15, 0.2) is 0 Å². The number of nitrogens with one attached hydrogen (secondary N) is 2. The van der Waals surface area contributed by atoms with Crippen molar-refractivity contribution < 1.29 is 19.9 Å². The zero-order chi connectivity index (χ0) is 15.3. The van der Waals surface area contributed by atoms with Gasteiger partial charge in [0.05, 0.1) is 51.3 Å². The van der Waals surface area contributed by atoms with E-state index in [1.54, 1.807) is 4.90 Å². The average molecular weight is 301 g/mol. The van der Waals surface area contributed by atoms with Crippen LogP contribution in [0.3, 0.4) is 0 Å². The molecule has 0 aromatic carbocycles. The maximum absolute atomic E-state index is 6.00. The van der Waals surface area contributed by atoms with Crippen molar-refractivity contribution in [1.29, 1.82) is 0 Å². The summed E-state index contributed by atoms with van der Waals surface area (Å²) < 4.78 is 6.00. The summed E-state index contributed by atoms with van der Waals surface area (Å²) >= 11 is 0. The van der Waals surface area contributed by atoms with Gasteiger partial charge in [-0.2, -0.15) is 0 Å². The molecule has 4 N–H and O–H groups in total. The molecule has 2 aliphatic heterocycles. The predicted molar refractivity (Wildman–Crippen MR) is 85.8 cm³/mol. The molecule has 0 spiro atoms. The van der Waals surface area contributed by atoms with Crippen LogP contribution in [0.25, 0.3) is 0 Å². The summed E-state index contributed by atoms with van der Waals surface area (Å²) in [5.41, 5.74) is 0.557. The van der Waals surface area contributed by atoms with E-state index in [1.807, 2.05) is 4.90 Å². The first-order chi connectivity index (χ1) is 9.91. The molecule has 21 heavy (non-hydrogen) atoms. The van der Waals surface area contributed by atoms with Gasteiger partial charge in [0.1, 0.15) is 13.1 Å². The van der Waals surface area contributed by atoms with E-state index in [0.717, 1.165) is 6.61 Å². The molecular formula is C17H38N3O+3. The average Bonchev–Trinajstić information content (AvgIpc) is 2.86. The topological polar surface area (TPSA) is 34.7 Å². The van der Waals surface area contributed by atoms with Gasteiger partial charge >= 0.3 is 0 Å². The lowest BCUT2D eigenvalue weighted by Gasteiger charge is -2.44. The first kappa shape index (κ1) is 17.2. The minimum atomic E-state index is 0.0675. The molecule has 4 heteroatoms. The molecule has 0 unspecified atom stereocenters. The Morgan fingerprint density at radius 3 is 2.52 bits per heavy atom. The van der Waals surface area contributed by atoms with Gasteiger partial charge in [-0.1, -0.05) is 0 Å². The summed E-state index contributed by atoms with van der Waals surface area (Å²) in [5, 5.41) is 2.57. The van der Waals surface area contributed by atoms with Crippen LogP contribution in [0.5, 0.6) is 0 Å². The largest absolute Gasteiger partial charge is 0.376 e. The number of likely N-dealkylation sites (tertiary alicyclic amines) is 1. The Bertz CT molecular complexity index is 313. The summed E-state index contributed by atoms with van der Waals surface area (Å²) in [4.78, 5) is 3.40. The van der Waals surface area contributed by atoms with Crippen molar-refractivity contribution in [2.45, 2.75) is 45.1 Å². The van der Waals surface area contributed by atoms with Crippen LogP contribution in [0.4, 0.5) is 0 Å². The van der Waals surface area contributed by atoms with Crippen LogP contribution >= 0.6 is 0 Å². The van der Waals surface area contributed by atoms with Gasteiger partial charge in [0.25, 0.3) is 0 Å². The Labute approximate surface area is 131 Å². The molecule has 2 rings (SSSR count). The van der Waals surface area contributed by atoms with Gasteiger partial charge in [-0.15, -0.1) is 0 Å². The van der Waals surface area contributed by atoms with Crippen molar-refractivity contribution in [2.75, 3.05) is 60.0 Å². The van der Waals surface area contributed by atoms with Crippen molar-refractivity contribution in [3.63, 3.8) is 0 Å². The summed E-state index contributed by atoms with van der Waals surface area (Å²) in [6.45, 7) is 13.5. The van der Waals surface area contributed by atoms with E-state index in [4.69, 9.17) is 4.74 Å². The van der Waals surface area contributed by atoms with Crippen LogP contribution in [-0.4, -0.2) is 65.6 Å². The number of quaternary nitrogens is 3. The van der Waals surface area contributed by atoms with Crippen LogP contribution in [0.1, 0.15) is 39.5 Å². The molecule has 4 nitrogen and oxygen atoms in total. The third-order valence-electron chi connectivity index (χ3n) is 5.29. The Morgan fingerprint density at radius 2 is 1.90 bits per heavy atom. The Hall–Kier alpha value is -0.160. The minimum Gasteiger partial charge on any atom is -0.376 e. The fraction of sp³-hybridized carbons (Fsp3) is 1.00. The van der Waals surface area contributed by atoms with E-state index in [0.29, 0.717) is 5.41 Å². The Kier molecular flexibility index (Phi) is 6.06. The van der Waals surface area contributed by atoms with Crippen LogP contribution in [-0.2, 0) is 4.74 Å². The van der Waals surface area contributed by atoms with E-state index in [-0.39, 0.29) is 5.60 Å². The third kappa shape index (κ3) is 5.51. The molecule has 0 saturated carbocycles. The molecule has 0 radical (unpaired) electrons. The second-order valence-corrected chi connectivity index (χ2v) is 8.41. The van der Waals surface area contributed by atoms with Crippen molar-refractivity contribution >= 4 is 0 Å². The molecule has 0 aromatic heterocycles. The van der Waals surface area contributed by atoms with Gasteiger partial charge in [0.2, 0.25) is 0 Å². The summed E-state index contributed by atoms with van der Waals surface area (Å²) in [6, 6.07) is 0. The van der Waals surface area contributed by atoms with Crippen LogP contribution < -0.4 is 15.1 Å². The number of hydrogen-bond donors (Lipinski definition) is 3. The molecule has 0 aliphatic carbocycles. The molecule has 2 aliphatic rings. The lowest BCUT2D eigenvalue weighted by molar-refractivity contribution is -0.899. The Morgan fingerprint density at radius 1 is 1.19 bits per heavy atom. The molecular weight excluding hydrogens is 262 g/mol. The highest BCUT2D eigenvalue weighted by Gasteiger charge is 2.45. The molecule has 0 amide bonds. The molecule has 0 aromatic rings. The number of ether oxygens (including phenoxy) is 1. The van der Waals surface area contributed by atoms with E-state index in [2.05, 4.69) is 33.3 Å². The first-order valence-corrected chi connectivity index (χ1v) is 8.99. The standard InChI is InChI=1S/C17H35N3O/c1-16(2)13-17(7-12-21-16,14-18-8-11-19(3)4)15-20-9-5-6-10-20/h18H,5-15H2,1-4H3/p+3/t17-/m0/s1. The van der Waals surface area contributed by atoms with Gasteiger partial charge in [0, 0.05) is 19.4 Å². The van der Waals surface area contributed by atoms with E-state index in [9.17, 15) is 0 Å². The zero-order valence-electron chi connectivity index (χ0n) is 14.8. The minimum absolute atomic E-state index is 0.0675. The second-order valence-electron chi connectivity index (χ2n) is 8.41. The maximum Gasteiger partial charge on any atom is 0.126 e. The monoisotopic (exact) mass is 300 g/mol. The van der Waals surface area contributed by atoms with Gasteiger partial charge in [-0.3, -0.25) is 0 Å². The quantitative estimate of drug-likeness (QED) is 0.465. The SMILES string of the molecule is C[NH+](C)CC[NH2+]C[C@]1(C[NH+]2CCCC2)CCOC(C)(C)C1. The highest BCUT2D eigenvalue weighted by Crippen LogP contribution is 2.37. The number of likely N-dealkylation sites (N-methyl/N-ethyl adjacent to an activating group) is 1. The number of hydrogen-bond acceptors (Lipinski definition) is 1. The zero-order valence-corrected chi connectivity index (χ0v) is 14.8. The normalized spacial score (nSPS) is 30.1. The van der Waals surface area contributed by atoms with E-state index >= 15 is 0 Å². The molecule has 2 fully saturated rings. The Balaban J connectivity index is 1.92. The van der Waals surface area contributed by atoms with Crippen molar-refractivity contribution in [1.82, 2.24) is 0 Å². The van der Waals surface area contributed by atoms with Crippen molar-refractivity contribution in [2.24, 2.45) is 5.41 Å². The second kappa shape index (κ2) is 7.40. The van der Waals surface area contributed by atoms with E-state index < -0.39 is 0 Å². The lowest BCUT2D eigenvalue weighted by atomic mass is 9.73. The molecule has 1 atom stereocenters. The predicted octanol–water partition coefficient (Wildman–Crippen LogP) is -2.05. The van der Waals surface area contributed by atoms with E-state index in [1.165, 1.54) is 65.0 Å². The molecule has 2 heterocycles. The van der Waals surface area contributed by atoms with Crippen molar-refractivity contribution in [3.05, 3.63) is 0 Å². The van der Waals surface area contributed by atoms with Crippen LogP contribution in [0, 0.1) is 5.41 Å². The third-order valence-corrected chi connectivity index (χ3v) is 5.29. The van der Waals surface area contributed by atoms with Gasteiger partial charge in [-0.25, -0.2) is 0 Å². The smallest absolute Gasteiger partial charge is 0.126 e. The maximum atomic E-state index is 6.00. The summed E-state index contributed by atoms with van der Waals surface area (Å²) in [7, 11) is 4.49. The highest BCUT2D eigenvalue weighted by molar-refractivity contribution is 4.89. The fourth-order valence-corrected chi connectivity index (χ4v) is 4.36. The number of nitrogens with two attached hydrogens (primary N) is 1. The molecule has 0 bridgehead atoms.